The second kappa shape index (κ2) is 9.07. The summed E-state index contributed by atoms with van der Waals surface area (Å²) >= 11 is 1.47. The maximum absolute atomic E-state index is 11.0. The fraction of sp³-hybridized carbons (Fsp3) is 0.125. The molecule has 0 aliphatic rings. The predicted octanol–water partition coefficient (Wildman–Crippen LogP) is 5.64. The number of non-ortho nitro benzene ring substituents is 1. The van der Waals surface area contributed by atoms with Crippen LogP contribution in [0.3, 0.4) is 0 Å². The molecule has 7 nitrogen and oxygen atoms in total. The Kier molecular flexibility index (Phi) is 6.04. The third kappa shape index (κ3) is 4.55. The Labute approximate surface area is 189 Å². The van der Waals surface area contributed by atoms with Gasteiger partial charge in [0.1, 0.15) is 0 Å². The van der Waals surface area contributed by atoms with Gasteiger partial charge in [-0.25, -0.2) is 9.67 Å². The summed E-state index contributed by atoms with van der Waals surface area (Å²) in [5.41, 5.74) is 6.56. The van der Waals surface area contributed by atoms with E-state index in [1.807, 2.05) is 43.5 Å². The molecule has 8 heteroatoms. The Morgan fingerprint density at radius 2 is 1.78 bits per heavy atom. The summed E-state index contributed by atoms with van der Waals surface area (Å²) in [5, 5.41) is 17.9. The maximum atomic E-state index is 11.0. The van der Waals surface area contributed by atoms with E-state index in [2.05, 4.69) is 18.0 Å². The summed E-state index contributed by atoms with van der Waals surface area (Å²) in [6.07, 6.45) is 3.45. The van der Waals surface area contributed by atoms with Crippen LogP contribution in [-0.4, -0.2) is 20.3 Å². The number of pyridine rings is 1. The van der Waals surface area contributed by atoms with Gasteiger partial charge in [0.25, 0.3) is 5.69 Å². The van der Waals surface area contributed by atoms with Crippen LogP contribution in [0, 0.1) is 24.0 Å². The quantitative estimate of drug-likeness (QED) is 0.227. The third-order valence-electron chi connectivity index (χ3n) is 4.98. The summed E-state index contributed by atoms with van der Waals surface area (Å²) in [7, 11) is 0. The van der Waals surface area contributed by atoms with Crippen molar-refractivity contribution in [3.05, 3.63) is 104 Å². The Bertz CT molecular complexity index is 1370. The minimum absolute atomic E-state index is 0.0483. The molecule has 32 heavy (non-hydrogen) atoms. The number of aryl methyl sites for hydroxylation is 2. The van der Waals surface area contributed by atoms with E-state index >= 15 is 0 Å². The smallest absolute Gasteiger partial charge is 0.265 e. The molecule has 0 N–H and O–H groups in total. The third-order valence-corrected chi connectivity index (χ3v) is 5.79. The monoisotopic (exact) mass is 443 g/mol. The summed E-state index contributed by atoms with van der Waals surface area (Å²) in [5.74, 6) is 0. The first-order valence-corrected chi connectivity index (χ1v) is 10.8. The van der Waals surface area contributed by atoms with E-state index in [-0.39, 0.29) is 5.69 Å². The normalized spacial score (nSPS) is 12.2. The number of nitrogens with zero attached hydrogens (tertiary/aromatic N) is 5. The largest absolute Gasteiger partial charge is 0.269 e. The molecule has 0 saturated carbocycles. The minimum Gasteiger partial charge on any atom is -0.265 e. The fourth-order valence-electron chi connectivity index (χ4n) is 3.26. The van der Waals surface area contributed by atoms with Crippen LogP contribution in [0.2, 0.25) is 0 Å². The first kappa shape index (κ1) is 21.3. The number of rotatable bonds is 5. The number of benzene rings is 2. The number of aromatic nitrogens is 2. The molecular formula is C24H21N5O2S. The average molecular weight is 444 g/mol. The average Bonchev–Trinajstić information content (AvgIpc) is 3.18. The minimum atomic E-state index is -0.405. The van der Waals surface area contributed by atoms with E-state index in [1.54, 1.807) is 29.2 Å². The van der Waals surface area contributed by atoms with E-state index in [4.69, 9.17) is 10.1 Å². The summed E-state index contributed by atoms with van der Waals surface area (Å²) < 4.78 is 1.79. The Morgan fingerprint density at radius 3 is 2.44 bits per heavy atom. The summed E-state index contributed by atoms with van der Waals surface area (Å²) in [6, 6.07) is 16.4. The highest BCUT2D eigenvalue weighted by Gasteiger charge is 2.12. The Morgan fingerprint density at radius 1 is 1.06 bits per heavy atom. The molecule has 2 aromatic heterocycles. The van der Waals surface area contributed by atoms with Gasteiger partial charge < -0.3 is 0 Å². The van der Waals surface area contributed by atoms with Gasteiger partial charge in [-0.05, 0) is 56.7 Å². The Hall–Kier alpha value is -3.91. The van der Waals surface area contributed by atoms with Crippen LogP contribution in [0.1, 0.15) is 23.6 Å². The predicted molar refractivity (Wildman–Crippen MR) is 127 cm³/mol. The van der Waals surface area contributed by atoms with Gasteiger partial charge in [-0.1, -0.05) is 17.7 Å². The van der Waals surface area contributed by atoms with Crippen LogP contribution in [0.4, 0.5) is 11.4 Å². The first-order chi connectivity index (χ1) is 15.4. The van der Waals surface area contributed by atoms with Crippen molar-refractivity contribution < 1.29 is 4.92 Å². The van der Waals surface area contributed by atoms with Crippen molar-refractivity contribution in [3.63, 3.8) is 0 Å². The van der Waals surface area contributed by atoms with Crippen molar-refractivity contribution >= 4 is 28.4 Å². The molecule has 2 heterocycles. The van der Waals surface area contributed by atoms with Crippen molar-refractivity contribution in [1.82, 2.24) is 9.66 Å². The molecule has 0 fully saturated rings. The fourth-order valence-corrected chi connectivity index (χ4v) is 4.10. The Balaban J connectivity index is 1.89. The second-order valence-electron chi connectivity index (χ2n) is 7.34. The van der Waals surface area contributed by atoms with Crippen LogP contribution >= 0.6 is 11.3 Å². The van der Waals surface area contributed by atoms with E-state index in [0.29, 0.717) is 4.80 Å². The van der Waals surface area contributed by atoms with Crippen molar-refractivity contribution in [2.75, 3.05) is 0 Å². The molecular weight excluding hydrogens is 422 g/mol. The number of nitro benzene ring substituents is 1. The van der Waals surface area contributed by atoms with Crippen molar-refractivity contribution in [2.45, 2.75) is 20.8 Å². The lowest BCUT2D eigenvalue weighted by Gasteiger charge is -2.07. The molecule has 0 bridgehead atoms. The van der Waals surface area contributed by atoms with E-state index in [9.17, 15) is 10.1 Å². The lowest BCUT2D eigenvalue weighted by molar-refractivity contribution is -0.384. The molecule has 0 aliphatic heterocycles. The van der Waals surface area contributed by atoms with Gasteiger partial charge in [0.05, 0.1) is 22.0 Å². The number of hydrogen-bond acceptors (Lipinski definition) is 6. The standard InChI is InChI=1S/C24H21N5O2S/c1-16-4-9-22(17(2)14-16)26-24-28(27-18(3)19-10-12-25-13-11-19)23(15-32-24)20-5-7-21(8-6-20)29(30)31/h4-15H,1-3H3. The highest BCUT2D eigenvalue weighted by molar-refractivity contribution is 7.07. The van der Waals surface area contributed by atoms with E-state index in [1.165, 1.54) is 29.0 Å². The lowest BCUT2D eigenvalue weighted by Crippen LogP contribution is -2.14. The first-order valence-electron chi connectivity index (χ1n) is 9.96. The van der Waals surface area contributed by atoms with Gasteiger partial charge in [0.2, 0.25) is 4.80 Å². The van der Waals surface area contributed by atoms with Gasteiger partial charge in [0.15, 0.2) is 0 Å². The number of nitro groups is 1. The molecule has 0 radical (unpaired) electrons. The molecule has 0 spiro atoms. The van der Waals surface area contributed by atoms with Crippen molar-refractivity contribution in [2.24, 2.45) is 10.1 Å². The zero-order valence-corrected chi connectivity index (χ0v) is 18.7. The van der Waals surface area contributed by atoms with Crippen molar-refractivity contribution in [1.29, 1.82) is 0 Å². The van der Waals surface area contributed by atoms with Gasteiger partial charge >= 0.3 is 0 Å². The van der Waals surface area contributed by atoms with Gasteiger partial charge in [0, 0.05) is 41.0 Å². The number of hydrogen-bond donors (Lipinski definition) is 0. The lowest BCUT2D eigenvalue weighted by atomic mass is 10.1. The van der Waals surface area contributed by atoms with Crippen molar-refractivity contribution in [3.8, 4) is 11.3 Å². The zero-order valence-electron chi connectivity index (χ0n) is 17.9. The second-order valence-corrected chi connectivity index (χ2v) is 8.18. The molecule has 0 amide bonds. The SMILES string of the molecule is CC(=Nn1c(-c2ccc([N+](=O)[O-])cc2)csc1=Nc1ccc(C)cc1C)c1ccncc1. The van der Waals surface area contributed by atoms with Gasteiger partial charge in [-0.15, -0.1) is 11.3 Å². The van der Waals surface area contributed by atoms with Crippen LogP contribution in [-0.2, 0) is 0 Å². The molecule has 0 saturated heterocycles. The molecule has 0 unspecified atom stereocenters. The van der Waals surface area contributed by atoms with Crippen LogP contribution in [0.15, 0.2) is 82.5 Å². The van der Waals surface area contributed by atoms with E-state index in [0.717, 1.165) is 33.8 Å². The molecule has 0 aliphatic carbocycles. The zero-order chi connectivity index (χ0) is 22.7. The molecule has 4 rings (SSSR count). The molecule has 160 valence electrons. The molecule has 0 atom stereocenters. The summed E-state index contributed by atoms with van der Waals surface area (Å²) in [4.78, 5) is 20.3. The van der Waals surface area contributed by atoms with Crippen LogP contribution in [0.5, 0.6) is 0 Å². The van der Waals surface area contributed by atoms with Gasteiger partial charge in [-0.2, -0.15) is 5.10 Å². The van der Waals surface area contributed by atoms with Gasteiger partial charge in [-0.3, -0.25) is 15.1 Å². The maximum Gasteiger partial charge on any atom is 0.269 e. The van der Waals surface area contributed by atoms with E-state index < -0.39 is 4.92 Å². The molecule has 4 aromatic rings. The number of thiazole rings is 1. The van der Waals surface area contributed by atoms with Crippen LogP contribution in [0.25, 0.3) is 11.3 Å². The molecule has 2 aromatic carbocycles. The summed E-state index contributed by atoms with van der Waals surface area (Å²) in [6.45, 7) is 6.02. The highest BCUT2D eigenvalue weighted by Crippen LogP contribution is 2.25. The topological polar surface area (TPSA) is 85.7 Å². The highest BCUT2D eigenvalue weighted by atomic mass is 32.1. The van der Waals surface area contributed by atoms with Crippen LogP contribution < -0.4 is 4.80 Å².